The molecule has 1 spiro atoms. The third-order valence-electron chi connectivity index (χ3n) is 5.66. The fourth-order valence-corrected chi connectivity index (χ4v) is 4.14. The molecule has 4 rings (SSSR count). The molecule has 26 heavy (non-hydrogen) atoms. The smallest absolute Gasteiger partial charge is 0.253 e. The van der Waals surface area contributed by atoms with E-state index in [4.69, 9.17) is 0 Å². The van der Waals surface area contributed by atoms with Crippen LogP contribution in [-0.4, -0.2) is 42.0 Å². The monoisotopic (exact) mass is 350 g/mol. The SMILES string of the molecule is O=C(c1ccc(NCc2ccncc2)cc1)N1CCC[C@]2(CCNC2)C1. The van der Waals surface area contributed by atoms with Gasteiger partial charge in [-0.15, -0.1) is 0 Å². The summed E-state index contributed by atoms with van der Waals surface area (Å²) in [6.45, 7) is 4.65. The van der Waals surface area contributed by atoms with Crippen LogP contribution in [0.15, 0.2) is 48.8 Å². The van der Waals surface area contributed by atoms with Crippen molar-refractivity contribution in [3.8, 4) is 0 Å². The van der Waals surface area contributed by atoms with Gasteiger partial charge in [-0.05, 0) is 67.8 Å². The topological polar surface area (TPSA) is 57.3 Å². The van der Waals surface area contributed by atoms with E-state index in [-0.39, 0.29) is 5.91 Å². The standard InChI is InChI=1S/C21H26N4O/c26-20(25-13-1-8-21(16-25)9-12-23-15-21)18-2-4-19(5-3-18)24-14-17-6-10-22-11-7-17/h2-7,10-11,23-24H,1,8-9,12-16H2/t21-/m1/s1. The molecule has 2 aliphatic rings. The van der Waals surface area contributed by atoms with E-state index in [1.54, 1.807) is 12.4 Å². The quantitative estimate of drug-likeness (QED) is 0.890. The average Bonchev–Trinajstić information content (AvgIpc) is 3.14. The predicted octanol–water partition coefficient (Wildman–Crippen LogP) is 2.91. The number of benzene rings is 1. The predicted molar refractivity (Wildman–Crippen MR) is 103 cm³/mol. The number of amides is 1. The van der Waals surface area contributed by atoms with Gasteiger partial charge < -0.3 is 15.5 Å². The summed E-state index contributed by atoms with van der Waals surface area (Å²) in [6.07, 6.45) is 7.13. The van der Waals surface area contributed by atoms with Crippen LogP contribution in [0, 0.1) is 5.41 Å². The number of piperidine rings is 1. The van der Waals surface area contributed by atoms with Crippen molar-refractivity contribution < 1.29 is 4.79 Å². The van der Waals surface area contributed by atoms with E-state index >= 15 is 0 Å². The highest BCUT2D eigenvalue weighted by Gasteiger charge is 2.39. The van der Waals surface area contributed by atoms with Crippen molar-refractivity contribution in [2.75, 3.05) is 31.5 Å². The third-order valence-corrected chi connectivity index (χ3v) is 5.66. The van der Waals surface area contributed by atoms with Gasteiger partial charge in [-0.2, -0.15) is 0 Å². The highest BCUT2D eigenvalue weighted by atomic mass is 16.2. The number of nitrogens with one attached hydrogen (secondary N) is 2. The van der Waals surface area contributed by atoms with Gasteiger partial charge >= 0.3 is 0 Å². The van der Waals surface area contributed by atoms with Crippen LogP contribution in [0.4, 0.5) is 5.69 Å². The van der Waals surface area contributed by atoms with Gasteiger partial charge in [0.15, 0.2) is 0 Å². The number of rotatable bonds is 4. The first-order valence-electron chi connectivity index (χ1n) is 9.47. The van der Waals surface area contributed by atoms with Crippen LogP contribution >= 0.6 is 0 Å². The van der Waals surface area contributed by atoms with E-state index in [0.717, 1.165) is 50.4 Å². The first-order chi connectivity index (χ1) is 12.7. The maximum atomic E-state index is 12.9. The molecule has 5 heteroatoms. The molecule has 1 amide bonds. The zero-order valence-electron chi connectivity index (χ0n) is 15.1. The van der Waals surface area contributed by atoms with Gasteiger partial charge in [0, 0.05) is 55.2 Å². The summed E-state index contributed by atoms with van der Waals surface area (Å²) in [5, 5.41) is 6.85. The molecule has 136 valence electrons. The van der Waals surface area contributed by atoms with E-state index in [1.807, 2.05) is 36.4 Å². The molecule has 2 saturated heterocycles. The lowest BCUT2D eigenvalue weighted by molar-refractivity contribution is 0.0553. The minimum absolute atomic E-state index is 0.164. The number of anilines is 1. The molecule has 0 saturated carbocycles. The van der Waals surface area contributed by atoms with Crippen LogP contribution in [-0.2, 0) is 6.54 Å². The van der Waals surface area contributed by atoms with Crippen LogP contribution in [0.1, 0.15) is 35.2 Å². The van der Waals surface area contributed by atoms with Crippen molar-refractivity contribution in [2.45, 2.75) is 25.8 Å². The normalized spacial score (nSPS) is 22.5. The summed E-state index contributed by atoms with van der Waals surface area (Å²) >= 11 is 0. The van der Waals surface area contributed by atoms with Crippen LogP contribution in [0.3, 0.4) is 0 Å². The summed E-state index contributed by atoms with van der Waals surface area (Å²) in [6, 6.07) is 11.8. The minimum atomic E-state index is 0.164. The fourth-order valence-electron chi connectivity index (χ4n) is 4.14. The maximum Gasteiger partial charge on any atom is 0.253 e. The molecule has 1 aromatic carbocycles. The number of carbonyl (C=O) groups is 1. The Kier molecular flexibility index (Phi) is 4.89. The van der Waals surface area contributed by atoms with Crippen LogP contribution < -0.4 is 10.6 Å². The van der Waals surface area contributed by atoms with Crippen LogP contribution in [0.2, 0.25) is 0 Å². The minimum Gasteiger partial charge on any atom is -0.381 e. The largest absolute Gasteiger partial charge is 0.381 e. The molecule has 0 bridgehead atoms. The summed E-state index contributed by atoms with van der Waals surface area (Å²) in [5.74, 6) is 0.164. The molecule has 5 nitrogen and oxygen atoms in total. The van der Waals surface area contributed by atoms with Crippen molar-refractivity contribution in [1.29, 1.82) is 0 Å². The molecular formula is C21H26N4O. The van der Waals surface area contributed by atoms with E-state index in [2.05, 4.69) is 20.5 Å². The van der Waals surface area contributed by atoms with Gasteiger partial charge in [-0.3, -0.25) is 9.78 Å². The molecule has 1 aromatic heterocycles. The van der Waals surface area contributed by atoms with Crippen molar-refractivity contribution in [3.05, 3.63) is 59.9 Å². The number of likely N-dealkylation sites (tertiary alicyclic amines) is 1. The van der Waals surface area contributed by atoms with Gasteiger partial charge in [0.25, 0.3) is 5.91 Å². The van der Waals surface area contributed by atoms with Gasteiger partial charge in [0.05, 0.1) is 0 Å². The van der Waals surface area contributed by atoms with Gasteiger partial charge in [-0.25, -0.2) is 0 Å². The number of carbonyl (C=O) groups excluding carboxylic acids is 1. The second kappa shape index (κ2) is 7.46. The van der Waals surface area contributed by atoms with Crippen molar-refractivity contribution in [1.82, 2.24) is 15.2 Å². The van der Waals surface area contributed by atoms with Crippen LogP contribution in [0.5, 0.6) is 0 Å². The Morgan fingerprint density at radius 3 is 2.69 bits per heavy atom. The molecule has 0 aliphatic carbocycles. The van der Waals surface area contributed by atoms with Gasteiger partial charge in [0.1, 0.15) is 0 Å². The highest BCUT2D eigenvalue weighted by Crippen LogP contribution is 2.36. The highest BCUT2D eigenvalue weighted by molar-refractivity contribution is 5.94. The molecule has 2 N–H and O–H groups in total. The van der Waals surface area contributed by atoms with Crippen LogP contribution in [0.25, 0.3) is 0 Å². The number of aromatic nitrogens is 1. The second-order valence-electron chi connectivity index (χ2n) is 7.54. The number of hydrogen-bond donors (Lipinski definition) is 2. The Bertz CT molecular complexity index is 738. The molecule has 3 heterocycles. The molecular weight excluding hydrogens is 324 g/mol. The lowest BCUT2D eigenvalue weighted by Gasteiger charge is -2.40. The molecule has 0 radical (unpaired) electrons. The second-order valence-corrected chi connectivity index (χ2v) is 7.54. The molecule has 2 aliphatic heterocycles. The molecule has 1 atom stereocenters. The Morgan fingerprint density at radius 2 is 1.96 bits per heavy atom. The van der Waals surface area contributed by atoms with Crippen molar-refractivity contribution in [2.24, 2.45) is 5.41 Å². The Labute approximate surface area is 154 Å². The molecule has 2 fully saturated rings. The van der Waals surface area contributed by atoms with Crippen molar-refractivity contribution >= 4 is 11.6 Å². The summed E-state index contributed by atoms with van der Waals surface area (Å²) in [5.41, 5.74) is 3.29. The fraction of sp³-hybridized carbons (Fsp3) is 0.429. The molecule has 2 aromatic rings. The van der Waals surface area contributed by atoms with Gasteiger partial charge in [-0.1, -0.05) is 0 Å². The summed E-state index contributed by atoms with van der Waals surface area (Å²) in [7, 11) is 0. The van der Waals surface area contributed by atoms with E-state index in [9.17, 15) is 4.79 Å². The first-order valence-corrected chi connectivity index (χ1v) is 9.47. The number of pyridine rings is 1. The van der Waals surface area contributed by atoms with Crippen molar-refractivity contribution in [3.63, 3.8) is 0 Å². The Balaban J connectivity index is 1.37. The Hall–Kier alpha value is -2.40. The molecule has 0 unspecified atom stereocenters. The van der Waals surface area contributed by atoms with E-state index in [1.165, 1.54) is 18.4 Å². The first kappa shape index (κ1) is 17.0. The summed E-state index contributed by atoms with van der Waals surface area (Å²) in [4.78, 5) is 19.0. The number of nitrogens with zero attached hydrogens (tertiary/aromatic N) is 2. The average molecular weight is 350 g/mol. The zero-order valence-corrected chi connectivity index (χ0v) is 15.1. The zero-order chi connectivity index (χ0) is 17.8. The van der Waals surface area contributed by atoms with Gasteiger partial charge in [0.2, 0.25) is 0 Å². The lowest BCUT2D eigenvalue weighted by atomic mass is 9.79. The third kappa shape index (κ3) is 3.73. The lowest BCUT2D eigenvalue weighted by Crippen LogP contribution is -2.47. The Morgan fingerprint density at radius 1 is 1.15 bits per heavy atom. The summed E-state index contributed by atoms with van der Waals surface area (Å²) < 4.78 is 0. The van der Waals surface area contributed by atoms with E-state index in [0.29, 0.717) is 5.41 Å². The number of hydrogen-bond acceptors (Lipinski definition) is 4. The maximum absolute atomic E-state index is 12.9. The van der Waals surface area contributed by atoms with E-state index < -0.39 is 0 Å².